The highest BCUT2D eigenvalue weighted by molar-refractivity contribution is 5.88. The van der Waals surface area contributed by atoms with Gasteiger partial charge in [-0.05, 0) is 38.1 Å². The molecule has 0 radical (unpaired) electrons. The molecule has 0 bridgehead atoms. The van der Waals surface area contributed by atoms with Crippen molar-refractivity contribution < 1.29 is 4.74 Å². The number of aryl methyl sites for hydroxylation is 1. The predicted molar refractivity (Wildman–Crippen MR) is 89.3 cm³/mol. The van der Waals surface area contributed by atoms with E-state index in [0.717, 1.165) is 22.5 Å². The van der Waals surface area contributed by atoms with Crippen LogP contribution in [0, 0.1) is 6.92 Å². The Morgan fingerprint density at radius 2 is 1.82 bits per heavy atom. The minimum atomic E-state index is 0.139. The van der Waals surface area contributed by atoms with Crippen LogP contribution in [-0.4, -0.2) is 22.6 Å². The molecule has 0 aliphatic carbocycles. The van der Waals surface area contributed by atoms with Crippen molar-refractivity contribution in [3.05, 3.63) is 60.4 Å². The van der Waals surface area contributed by atoms with Gasteiger partial charge < -0.3 is 10.1 Å². The number of benzene rings is 2. The topological polar surface area (TPSA) is 47.0 Å². The van der Waals surface area contributed by atoms with Gasteiger partial charge in [-0.1, -0.05) is 29.8 Å². The van der Waals surface area contributed by atoms with Gasteiger partial charge >= 0.3 is 0 Å². The first-order valence-corrected chi connectivity index (χ1v) is 7.38. The maximum Gasteiger partial charge on any atom is 0.137 e. The molecule has 4 heteroatoms. The predicted octanol–water partition coefficient (Wildman–Crippen LogP) is 3.82. The van der Waals surface area contributed by atoms with Gasteiger partial charge in [-0.15, -0.1) is 0 Å². The normalized spacial score (nSPS) is 12.1. The molecular weight excluding hydrogens is 274 g/mol. The first-order valence-electron chi connectivity index (χ1n) is 7.38. The summed E-state index contributed by atoms with van der Waals surface area (Å²) < 4.78 is 5.80. The SMILES string of the molecule is Cc1ccc(OCC(C)Nc2ncnc3ccccc23)cc1. The van der Waals surface area contributed by atoms with Gasteiger partial charge in [0.05, 0.1) is 11.6 Å². The van der Waals surface area contributed by atoms with Gasteiger partial charge in [-0.2, -0.15) is 0 Å². The van der Waals surface area contributed by atoms with Crippen LogP contribution in [-0.2, 0) is 0 Å². The van der Waals surface area contributed by atoms with Gasteiger partial charge in [0.25, 0.3) is 0 Å². The zero-order valence-corrected chi connectivity index (χ0v) is 12.8. The molecule has 3 rings (SSSR count). The van der Waals surface area contributed by atoms with Gasteiger partial charge in [0.2, 0.25) is 0 Å². The summed E-state index contributed by atoms with van der Waals surface area (Å²) in [5, 5.41) is 4.41. The van der Waals surface area contributed by atoms with E-state index in [1.807, 2.05) is 48.5 Å². The lowest BCUT2D eigenvalue weighted by molar-refractivity contribution is 0.304. The van der Waals surface area contributed by atoms with Crippen molar-refractivity contribution >= 4 is 16.7 Å². The van der Waals surface area contributed by atoms with Crippen molar-refractivity contribution in [2.75, 3.05) is 11.9 Å². The van der Waals surface area contributed by atoms with E-state index in [0.29, 0.717) is 6.61 Å². The lowest BCUT2D eigenvalue weighted by Crippen LogP contribution is -2.24. The zero-order valence-electron chi connectivity index (χ0n) is 12.8. The maximum absolute atomic E-state index is 5.80. The molecule has 4 nitrogen and oxygen atoms in total. The van der Waals surface area contributed by atoms with E-state index in [2.05, 4.69) is 29.1 Å². The molecule has 1 unspecified atom stereocenters. The quantitative estimate of drug-likeness (QED) is 0.777. The molecule has 0 saturated heterocycles. The second kappa shape index (κ2) is 6.43. The fraction of sp³-hybridized carbons (Fsp3) is 0.222. The molecule has 0 amide bonds. The van der Waals surface area contributed by atoms with Crippen molar-refractivity contribution in [3.8, 4) is 5.75 Å². The molecule has 2 aromatic carbocycles. The van der Waals surface area contributed by atoms with Crippen LogP contribution >= 0.6 is 0 Å². The molecule has 0 spiro atoms. The Hall–Kier alpha value is -2.62. The van der Waals surface area contributed by atoms with Gasteiger partial charge in [-0.3, -0.25) is 0 Å². The largest absolute Gasteiger partial charge is 0.491 e. The van der Waals surface area contributed by atoms with E-state index >= 15 is 0 Å². The van der Waals surface area contributed by atoms with Gasteiger partial charge in [0, 0.05) is 5.39 Å². The van der Waals surface area contributed by atoms with Crippen LogP contribution < -0.4 is 10.1 Å². The summed E-state index contributed by atoms with van der Waals surface area (Å²) in [4.78, 5) is 8.60. The van der Waals surface area contributed by atoms with Crippen molar-refractivity contribution in [1.82, 2.24) is 9.97 Å². The Bertz CT molecular complexity index is 750. The average Bonchev–Trinajstić information content (AvgIpc) is 2.55. The van der Waals surface area contributed by atoms with Gasteiger partial charge in [0.15, 0.2) is 0 Å². The summed E-state index contributed by atoms with van der Waals surface area (Å²) in [5.74, 6) is 1.72. The second-order valence-corrected chi connectivity index (χ2v) is 5.41. The molecule has 1 heterocycles. The number of anilines is 1. The van der Waals surface area contributed by atoms with E-state index in [1.54, 1.807) is 6.33 Å². The standard InChI is InChI=1S/C18H19N3O/c1-13-7-9-15(10-8-13)22-11-14(2)21-18-16-5-3-4-6-17(16)19-12-20-18/h3-10,12,14H,11H2,1-2H3,(H,19,20,21). The minimum Gasteiger partial charge on any atom is -0.491 e. The summed E-state index contributed by atoms with van der Waals surface area (Å²) in [7, 11) is 0. The van der Waals surface area contributed by atoms with E-state index in [9.17, 15) is 0 Å². The highest BCUT2D eigenvalue weighted by Gasteiger charge is 2.07. The van der Waals surface area contributed by atoms with Crippen molar-refractivity contribution in [2.24, 2.45) is 0 Å². The third-order valence-corrected chi connectivity index (χ3v) is 3.45. The number of para-hydroxylation sites is 1. The van der Waals surface area contributed by atoms with Crippen LogP contribution in [0.25, 0.3) is 10.9 Å². The first kappa shape index (κ1) is 14.3. The van der Waals surface area contributed by atoms with Crippen molar-refractivity contribution in [1.29, 1.82) is 0 Å². The van der Waals surface area contributed by atoms with E-state index in [1.165, 1.54) is 5.56 Å². The average molecular weight is 293 g/mol. The maximum atomic E-state index is 5.80. The Morgan fingerprint density at radius 1 is 1.05 bits per heavy atom. The van der Waals surface area contributed by atoms with Gasteiger partial charge in [0.1, 0.15) is 24.5 Å². The summed E-state index contributed by atoms with van der Waals surface area (Å²) in [6.07, 6.45) is 1.58. The van der Waals surface area contributed by atoms with Crippen molar-refractivity contribution in [3.63, 3.8) is 0 Å². The molecule has 112 valence electrons. The summed E-state index contributed by atoms with van der Waals surface area (Å²) in [6.45, 7) is 4.71. The van der Waals surface area contributed by atoms with Crippen LogP contribution in [0.4, 0.5) is 5.82 Å². The molecule has 1 atom stereocenters. The highest BCUT2D eigenvalue weighted by atomic mass is 16.5. The number of fused-ring (bicyclic) bond motifs is 1. The Kier molecular flexibility index (Phi) is 4.19. The van der Waals surface area contributed by atoms with E-state index < -0.39 is 0 Å². The molecule has 1 aromatic heterocycles. The van der Waals surface area contributed by atoms with Gasteiger partial charge in [-0.25, -0.2) is 9.97 Å². The smallest absolute Gasteiger partial charge is 0.137 e. The number of rotatable bonds is 5. The molecule has 0 aliphatic rings. The molecule has 1 N–H and O–H groups in total. The lowest BCUT2D eigenvalue weighted by Gasteiger charge is -2.16. The summed E-state index contributed by atoms with van der Waals surface area (Å²) in [5.41, 5.74) is 2.16. The van der Waals surface area contributed by atoms with E-state index in [-0.39, 0.29) is 6.04 Å². The molecular formula is C18H19N3O. The number of hydrogen-bond acceptors (Lipinski definition) is 4. The van der Waals surface area contributed by atoms with Crippen molar-refractivity contribution in [2.45, 2.75) is 19.9 Å². The number of ether oxygens (including phenoxy) is 1. The van der Waals surface area contributed by atoms with Crippen LogP contribution in [0.5, 0.6) is 5.75 Å². The Morgan fingerprint density at radius 3 is 2.64 bits per heavy atom. The summed E-state index contributed by atoms with van der Waals surface area (Å²) >= 11 is 0. The Balaban J connectivity index is 1.65. The van der Waals surface area contributed by atoms with Crippen LogP contribution in [0.2, 0.25) is 0 Å². The lowest BCUT2D eigenvalue weighted by atomic mass is 10.2. The van der Waals surface area contributed by atoms with E-state index in [4.69, 9.17) is 4.74 Å². The Labute approximate surface area is 130 Å². The molecule has 0 aliphatic heterocycles. The van der Waals surface area contributed by atoms with Crippen LogP contribution in [0.3, 0.4) is 0 Å². The number of nitrogens with one attached hydrogen (secondary N) is 1. The molecule has 3 aromatic rings. The fourth-order valence-corrected chi connectivity index (χ4v) is 2.25. The summed E-state index contributed by atoms with van der Waals surface area (Å²) in [6, 6.07) is 16.2. The third kappa shape index (κ3) is 3.34. The van der Waals surface area contributed by atoms with Crippen LogP contribution in [0.15, 0.2) is 54.9 Å². The molecule has 0 saturated carbocycles. The second-order valence-electron chi connectivity index (χ2n) is 5.41. The number of aromatic nitrogens is 2. The third-order valence-electron chi connectivity index (χ3n) is 3.45. The molecule has 22 heavy (non-hydrogen) atoms. The zero-order chi connectivity index (χ0) is 15.4. The molecule has 0 fully saturated rings. The van der Waals surface area contributed by atoms with Crippen LogP contribution in [0.1, 0.15) is 12.5 Å². The first-order chi connectivity index (χ1) is 10.7. The fourth-order valence-electron chi connectivity index (χ4n) is 2.25. The monoisotopic (exact) mass is 293 g/mol. The minimum absolute atomic E-state index is 0.139. The highest BCUT2D eigenvalue weighted by Crippen LogP contribution is 2.19. The number of hydrogen-bond donors (Lipinski definition) is 1. The number of nitrogens with zero attached hydrogens (tertiary/aromatic N) is 2.